The largest absolute Gasteiger partial charge is 0.465 e. The lowest BCUT2D eigenvalue weighted by Gasteiger charge is -2.04. The Morgan fingerprint density at radius 1 is 1.31 bits per heavy atom. The smallest absolute Gasteiger partial charge is 0.337 e. The minimum absolute atomic E-state index is 0.354. The number of hydrogen-bond donors (Lipinski definition) is 1. The van der Waals surface area contributed by atoms with Crippen LogP contribution in [0.25, 0.3) is 22.6 Å². The summed E-state index contributed by atoms with van der Waals surface area (Å²) in [5.41, 5.74) is 8.64. The Morgan fingerprint density at radius 2 is 2.19 bits per heavy atom. The zero-order chi connectivity index (χ0) is 18.1. The lowest BCUT2D eigenvalue weighted by atomic mass is 10.1. The van der Waals surface area contributed by atoms with Gasteiger partial charge in [-0.1, -0.05) is 12.1 Å². The van der Waals surface area contributed by atoms with Gasteiger partial charge < -0.3 is 10.5 Å². The van der Waals surface area contributed by atoms with Crippen molar-refractivity contribution in [3.8, 4) is 11.5 Å². The second-order valence-corrected chi connectivity index (χ2v) is 6.24. The van der Waals surface area contributed by atoms with Crippen molar-refractivity contribution in [2.75, 3.05) is 12.8 Å². The molecule has 0 aliphatic rings. The van der Waals surface area contributed by atoms with E-state index in [1.54, 1.807) is 29.1 Å². The van der Waals surface area contributed by atoms with E-state index in [1.165, 1.54) is 18.6 Å². The number of hydrogen-bond acceptors (Lipinski definition) is 8. The van der Waals surface area contributed by atoms with Crippen LogP contribution in [-0.2, 0) is 11.3 Å². The average molecular weight is 366 g/mol. The second kappa shape index (κ2) is 6.52. The van der Waals surface area contributed by atoms with Crippen LogP contribution in [0, 0.1) is 0 Å². The van der Waals surface area contributed by atoms with Crippen molar-refractivity contribution in [3.05, 3.63) is 53.0 Å². The first-order valence-corrected chi connectivity index (χ1v) is 8.56. The molecule has 0 saturated heterocycles. The highest BCUT2D eigenvalue weighted by Crippen LogP contribution is 2.22. The molecular formula is C17H14N6O2S. The summed E-state index contributed by atoms with van der Waals surface area (Å²) >= 11 is 1.32. The minimum atomic E-state index is -0.375. The molecular weight excluding hydrogens is 352 g/mol. The van der Waals surface area contributed by atoms with Gasteiger partial charge in [-0.2, -0.15) is 9.47 Å². The topological polar surface area (TPSA) is 109 Å². The monoisotopic (exact) mass is 366 g/mol. The van der Waals surface area contributed by atoms with E-state index < -0.39 is 0 Å². The number of carbonyl (C=O) groups is 1. The zero-order valence-corrected chi connectivity index (χ0v) is 14.6. The Hall–Kier alpha value is -3.33. The van der Waals surface area contributed by atoms with Crippen LogP contribution in [0.4, 0.5) is 5.82 Å². The molecule has 0 fully saturated rings. The van der Waals surface area contributed by atoms with Gasteiger partial charge in [0.15, 0.2) is 11.5 Å². The van der Waals surface area contributed by atoms with E-state index in [0.717, 1.165) is 5.56 Å². The summed E-state index contributed by atoms with van der Waals surface area (Å²) in [5, 5.41) is 7.01. The van der Waals surface area contributed by atoms with E-state index in [2.05, 4.69) is 19.4 Å². The molecule has 0 aliphatic carbocycles. The molecule has 2 N–H and O–H groups in total. The highest BCUT2D eigenvalue weighted by molar-refractivity contribution is 7.03. The van der Waals surface area contributed by atoms with Crippen LogP contribution in [0.1, 0.15) is 15.9 Å². The van der Waals surface area contributed by atoms with Gasteiger partial charge in [0.1, 0.15) is 11.5 Å². The fraction of sp³-hybridized carbons (Fsp3) is 0.118. The number of nitrogen functional groups attached to an aromatic ring is 1. The Balaban J connectivity index is 1.68. The summed E-state index contributed by atoms with van der Waals surface area (Å²) in [6.07, 6.45) is 1.79. The van der Waals surface area contributed by atoms with Gasteiger partial charge >= 0.3 is 5.97 Å². The summed E-state index contributed by atoms with van der Waals surface area (Å²) in [7, 11) is 1.36. The highest BCUT2D eigenvalue weighted by Gasteiger charge is 2.13. The number of methoxy groups -OCH3 is 1. The van der Waals surface area contributed by atoms with Crippen LogP contribution in [-0.4, -0.2) is 37.2 Å². The number of esters is 1. The third-order valence-electron chi connectivity index (χ3n) is 3.82. The first-order valence-electron chi connectivity index (χ1n) is 7.73. The number of fused-ring (bicyclic) bond motifs is 1. The summed E-state index contributed by atoms with van der Waals surface area (Å²) in [5.74, 6) is 0.433. The van der Waals surface area contributed by atoms with E-state index in [0.29, 0.717) is 40.5 Å². The Kier molecular flexibility index (Phi) is 4.05. The lowest BCUT2D eigenvalue weighted by molar-refractivity contribution is 0.0600. The SMILES string of the molecule is COC(=O)c1cccc(Cn2cc3c(N)nc(-c4ccsn4)nc3n2)c1. The molecule has 130 valence electrons. The number of carbonyl (C=O) groups excluding carboxylic acids is 1. The van der Waals surface area contributed by atoms with Gasteiger partial charge in [0, 0.05) is 11.6 Å². The third-order valence-corrected chi connectivity index (χ3v) is 4.38. The lowest BCUT2D eigenvalue weighted by Crippen LogP contribution is -2.04. The quantitative estimate of drug-likeness (QED) is 0.552. The van der Waals surface area contributed by atoms with Crippen LogP contribution in [0.3, 0.4) is 0 Å². The molecule has 0 aliphatic heterocycles. The Morgan fingerprint density at radius 3 is 2.96 bits per heavy atom. The Bertz CT molecular complexity index is 1090. The number of benzene rings is 1. The summed E-state index contributed by atoms with van der Waals surface area (Å²) < 4.78 is 10.7. The van der Waals surface area contributed by atoms with Crippen molar-refractivity contribution < 1.29 is 9.53 Å². The van der Waals surface area contributed by atoms with Gasteiger partial charge in [-0.25, -0.2) is 14.8 Å². The highest BCUT2D eigenvalue weighted by atomic mass is 32.1. The Labute approximate surface area is 152 Å². The van der Waals surface area contributed by atoms with Gasteiger partial charge in [0.2, 0.25) is 0 Å². The number of aromatic nitrogens is 5. The van der Waals surface area contributed by atoms with Gasteiger partial charge in [-0.3, -0.25) is 4.68 Å². The first kappa shape index (κ1) is 16.2. The average Bonchev–Trinajstić information content (AvgIpc) is 3.31. The van der Waals surface area contributed by atoms with Gasteiger partial charge in [-0.15, -0.1) is 0 Å². The van der Waals surface area contributed by atoms with Crippen molar-refractivity contribution in [1.29, 1.82) is 0 Å². The standard InChI is InChI=1S/C17H14N6O2S/c1-25-17(24)11-4-2-3-10(7-11)8-23-9-12-14(18)19-16(20-15(12)21-23)13-5-6-26-22-13/h2-7,9H,8H2,1H3,(H2,18,19,20,21). The van der Waals surface area contributed by atoms with Gasteiger partial charge in [0.05, 0.1) is 24.6 Å². The molecule has 0 saturated carbocycles. The molecule has 4 aromatic rings. The van der Waals surface area contributed by atoms with Crippen LogP contribution in [0.15, 0.2) is 41.9 Å². The first-order chi connectivity index (χ1) is 12.6. The molecule has 4 rings (SSSR count). The maximum absolute atomic E-state index is 11.7. The number of ether oxygens (including phenoxy) is 1. The normalized spacial score (nSPS) is 11.0. The van der Waals surface area contributed by atoms with Crippen molar-refractivity contribution >= 4 is 34.4 Å². The maximum atomic E-state index is 11.7. The third kappa shape index (κ3) is 3.00. The van der Waals surface area contributed by atoms with E-state index >= 15 is 0 Å². The molecule has 26 heavy (non-hydrogen) atoms. The fourth-order valence-corrected chi connectivity index (χ4v) is 3.11. The molecule has 3 heterocycles. The number of nitrogens with two attached hydrogens (primary N) is 1. The van der Waals surface area contributed by atoms with Gasteiger partial charge in [-0.05, 0) is 35.3 Å². The van der Waals surface area contributed by atoms with Crippen LogP contribution >= 0.6 is 11.5 Å². The van der Waals surface area contributed by atoms with Crippen LogP contribution in [0.2, 0.25) is 0 Å². The van der Waals surface area contributed by atoms with E-state index in [-0.39, 0.29) is 5.97 Å². The minimum Gasteiger partial charge on any atom is -0.465 e. The predicted molar refractivity (Wildman–Crippen MR) is 97.7 cm³/mol. The summed E-state index contributed by atoms with van der Waals surface area (Å²) in [4.78, 5) is 20.4. The molecule has 9 heteroatoms. The summed E-state index contributed by atoms with van der Waals surface area (Å²) in [6.45, 7) is 0.465. The number of anilines is 1. The van der Waals surface area contributed by atoms with Crippen molar-refractivity contribution in [2.45, 2.75) is 6.54 Å². The molecule has 0 amide bonds. The van der Waals surface area contributed by atoms with E-state index in [4.69, 9.17) is 10.5 Å². The molecule has 3 aromatic heterocycles. The molecule has 0 radical (unpaired) electrons. The summed E-state index contributed by atoms with van der Waals surface area (Å²) in [6, 6.07) is 9.03. The van der Waals surface area contributed by atoms with E-state index in [1.807, 2.05) is 17.5 Å². The number of rotatable bonds is 4. The van der Waals surface area contributed by atoms with Crippen molar-refractivity contribution in [3.63, 3.8) is 0 Å². The molecule has 8 nitrogen and oxygen atoms in total. The molecule has 0 atom stereocenters. The molecule has 0 unspecified atom stereocenters. The van der Waals surface area contributed by atoms with Crippen LogP contribution in [0.5, 0.6) is 0 Å². The molecule has 0 spiro atoms. The predicted octanol–water partition coefficient (Wildman–Crippen LogP) is 2.37. The molecule has 1 aromatic carbocycles. The van der Waals surface area contributed by atoms with E-state index in [9.17, 15) is 4.79 Å². The van der Waals surface area contributed by atoms with Crippen molar-refractivity contribution in [2.24, 2.45) is 0 Å². The second-order valence-electron chi connectivity index (χ2n) is 5.57. The van der Waals surface area contributed by atoms with Gasteiger partial charge in [0.25, 0.3) is 0 Å². The molecule has 0 bridgehead atoms. The van der Waals surface area contributed by atoms with Crippen LogP contribution < -0.4 is 5.73 Å². The zero-order valence-electron chi connectivity index (χ0n) is 13.8. The fourth-order valence-electron chi connectivity index (χ4n) is 2.60. The van der Waals surface area contributed by atoms with Crippen molar-refractivity contribution in [1.82, 2.24) is 24.1 Å². The maximum Gasteiger partial charge on any atom is 0.337 e. The number of nitrogens with zero attached hydrogens (tertiary/aromatic N) is 5.